The molecule has 0 aromatic carbocycles. The molecule has 4 heteroatoms. The summed E-state index contributed by atoms with van der Waals surface area (Å²) in [4.78, 5) is 11.0. The molecule has 0 bridgehead atoms. The molecular formula is C7H8O3S. The highest BCUT2D eigenvalue weighted by molar-refractivity contribution is 7.98. The van der Waals surface area contributed by atoms with Crippen LogP contribution in [0, 0.1) is 0 Å². The highest BCUT2D eigenvalue weighted by Crippen LogP contribution is 2.17. The summed E-state index contributed by atoms with van der Waals surface area (Å²) < 4.78 is 22.1. The van der Waals surface area contributed by atoms with Crippen molar-refractivity contribution in [3.05, 3.63) is 22.0 Å². The zero-order valence-corrected chi connectivity index (χ0v) is 7.10. The van der Waals surface area contributed by atoms with E-state index in [1.807, 2.05) is 0 Å². The van der Waals surface area contributed by atoms with Crippen molar-refractivity contribution in [3.8, 4) is 0 Å². The molecule has 1 aliphatic rings. The summed E-state index contributed by atoms with van der Waals surface area (Å²) in [6.07, 6.45) is 1.14. The van der Waals surface area contributed by atoms with E-state index in [9.17, 15) is 13.2 Å². The molecular weight excluding hydrogens is 164 g/mol. The Balaban J connectivity index is 3.31. The molecule has 0 unspecified atom stereocenters. The van der Waals surface area contributed by atoms with Crippen LogP contribution in [0.5, 0.6) is 0 Å². The quantitative estimate of drug-likeness (QED) is 0.543. The fraction of sp³-hybridized carbons (Fsp3) is 0.286. The summed E-state index contributed by atoms with van der Waals surface area (Å²) in [5, 5.41) is 1.00. The monoisotopic (exact) mass is 172 g/mol. The van der Waals surface area contributed by atoms with E-state index < -0.39 is 9.84 Å². The van der Waals surface area contributed by atoms with Gasteiger partial charge in [-0.2, -0.15) is 0 Å². The van der Waals surface area contributed by atoms with Gasteiger partial charge in [-0.1, -0.05) is 0 Å². The predicted molar refractivity (Wildman–Crippen MR) is 41.4 cm³/mol. The van der Waals surface area contributed by atoms with Gasteiger partial charge in [0.15, 0.2) is 15.6 Å². The molecule has 60 valence electrons. The third kappa shape index (κ3) is 1.40. The zero-order valence-electron chi connectivity index (χ0n) is 6.29. The topological polar surface area (TPSA) is 51.2 Å². The molecule has 0 spiro atoms. The van der Waals surface area contributed by atoms with Gasteiger partial charge >= 0.3 is 0 Å². The normalized spacial score (nSPS) is 22.5. The van der Waals surface area contributed by atoms with Gasteiger partial charge in [0.2, 0.25) is 0 Å². The van der Waals surface area contributed by atoms with E-state index in [4.69, 9.17) is 0 Å². The average Bonchev–Trinajstić information content (AvgIpc) is 1.83. The first kappa shape index (κ1) is 8.20. The van der Waals surface area contributed by atoms with Crippen molar-refractivity contribution >= 4 is 15.6 Å². The third-order valence-electron chi connectivity index (χ3n) is 1.50. The molecule has 1 heterocycles. The van der Waals surface area contributed by atoms with Crippen LogP contribution in [0.4, 0.5) is 0 Å². The Hall–Kier alpha value is -0.900. The van der Waals surface area contributed by atoms with Gasteiger partial charge in [0, 0.05) is 22.0 Å². The van der Waals surface area contributed by atoms with Crippen molar-refractivity contribution in [1.82, 2.24) is 0 Å². The molecule has 1 rings (SSSR count). The maximum atomic E-state index is 11.0. The largest absolute Gasteiger partial charge is 0.290 e. The number of rotatable bonds is 0. The van der Waals surface area contributed by atoms with Crippen LogP contribution < -0.4 is 0 Å². The van der Waals surface area contributed by atoms with Crippen LogP contribution in [0.2, 0.25) is 0 Å². The Morgan fingerprint density at radius 2 is 1.82 bits per heavy atom. The molecule has 0 atom stereocenters. The number of allylic oxidation sites excluding steroid dienone is 3. The molecule has 0 N–H and O–H groups in total. The van der Waals surface area contributed by atoms with Crippen molar-refractivity contribution < 1.29 is 13.2 Å². The van der Waals surface area contributed by atoms with Crippen LogP contribution in [-0.4, -0.2) is 14.2 Å². The smallest absolute Gasteiger partial charge is 0.196 e. The van der Waals surface area contributed by atoms with E-state index in [0.717, 1.165) is 11.5 Å². The van der Waals surface area contributed by atoms with Crippen LogP contribution in [0.15, 0.2) is 22.0 Å². The second kappa shape index (κ2) is 2.30. The van der Waals surface area contributed by atoms with Gasteiger partial charge in [0.05, 0.1) is 0 Å². The second-order valence-electron chi connectivity index (χ2n) is 2.47. The summed E-state index contributed by atoms with van der Waals surface area (Å²) in [6.45, 7) is 2.90. The Bertz CT molecular complexity index is 357. The highest BCUT2D eigenvalue weighted by atomic mass is 32.2. The van der Waals surface area contributed by atoms with Crippen molar-refractivity contribution in [2.45, 2.75) is 13.8 Å². The number of hydrogen-bond acceptors (Lipinski definition) is 3. The van der Waals surface area contributed by atoms with Crippen molar-refractivity contribution in [2.75, 3.05) is 0 Å². The first-order chi connectivity index (χ1) is 4.93. The molecule has 0 fully saturated rings. The fourth-order valence-corrected chi connectivity index (χ4v) is 1.80. The third-order valence-corrected chi connectivity index (χ3v) is 3.18. The Morgan fingerprint density at radius 3 is 2.27 bits per heavy atom. The van der Waals surface area contributed by atoms with E-state index in [1.165, 1.54) is 13.8 Å². The van der Waals surface area contributed by atoms with Crippen molar-refractivity contribution in [2.24, 2.45) is 0 Å². The zero-order chi connectivity index (χ0) is 8.65. The van der Waals surface area contributed by atoms with Crippen LogP contribution in [0.3, 0.4) is 0 Å². The van der Waals surface area contributed by atoms with Crippen molar-refractivity contribution in [3.63, 3.8) is 0 Å². The molecule has 0 aliphatic carbocycles. The molecule has 3 nitrogen and oxygen atoms in total. The minimum absolute atomic E-state index is 0.119. The summed E-state index contributed by atoms with van der Waals surface area (Å²) in [5.74, 6) is -0.225. The Morgan fingerprint density at radius 1 is 1.27 bits per heavy atom. The molecule has 0 saturated carbocycles. The molecule has 11 heavy (non-hydrogen) atoms. The average molecular weight is 172 g/mol. The van der Waals surface area contributed by atoms with E-state index in [1.54, 1.807) is 0 Å². The lowest BCUT2D eigenvalue weighted by Gasteiger charge is -2.05. The molecule has 0 radical (unpaired) electrons. The van der Waals surface area contributed by atoms with E-state index in [0.29, 0.717) is 0 Å². The van der Waals surface area contributed by atoms with Gasteiger partial charge in [-0.05, 0) is 13.8 Å². The minimum atomic E-state index is -3.27. The van der Waals surface area contributed by atoms with Gasteiger partial charge in [-0.3, -0.25) is 4.79 Å². The summed E-state index contributed by atoms with van der Waals surface area (Å²) >= 11 is 0. The Kier molecular flexibility index (Phi) is 1.72. The number of carbonyl (C=O) groups excluding carboxylic acids is 1. The van der Waals surface area contributed by atoms with Gasteiger partial charge in [0.25, 0.3) is 0 Å². The number of ketones is 1. The molecule has 0 aromatic heterocycles. The molecule has 1 aliphatic heterocycles. The van der Waals surface area contributed by atoms with E-state index >= 15 is 0 Å². The minimum Gasteiger partial charge on any atom is -0.290 e. The molecule has 0 saturated heterocycles. The summed E-state index contributed by atoms with van der Waals surface area (Å²) in [5.41, 5.74) is 0.274. The lowest BCUT2D eigenvalue weighted by molar-refractivity contribution is -0.111. The lowest BCUT2D eigenvalue weighted by atomic mass is 10.2. The van der Waals surface area contributed by atoms with Crippen LogP contribution in [-0.2, 0) is 14.6 Å². The number of carbonyl (C=O) groups is 1. The second-order valence-corrected chi connectivity index (χ2v) is 4.43. The summed E-state index contributed by atoms with van der Waals surface area (Å²) in [7, 11) is -3.27. The predicted octanol–water partition coefficient (Wildman–Crippen LogP) is 0.792. The van der Waals surface area contributed by atoms with E-state index in [-0.39, 0.29) is 16.3 Å². The van der Waals surface area contributed by atoms with Gasteiger partial charge < -0.3 is 0 Å². The van der Waals surface area contributed by atoms with E-state index in [2.05, 4.69) is 0 Å². The maximum Gasteiger partial charge on any atom is 0.196 e. The summed E-state index contributed by atoms with van der Waals surface area (Å²) in [6, 6.07) is 0. The SMILES string of the molecule is CC1=CS(=O)(=O)C(C)=CC1=O. The standard InChI is InChI=1S/C7H8O3S/c1-5-4-11(9,10)6(2)3-7(5)8/h3-4H,1-2H3. The van der Waals surface area contributed by atoms with Gasteiger partial charge in [-0.15, -0.1) is 0 Å². The molecule has 0 amide bonds. The highest BCUT2D eigenvalue weighted by Gasteiger charge is 2.19. The van der Waals surface area contributed by atoms with Gasteiger partial charge in [0.1, 0.15) is 0 Å². The fourth-order valence-electron chi connectivity index (χ4n) is 0.764. The van der Waals surface area contributed by atoms with Crippen molar-refractivity contribution in [1.29, 1.82) is 0 Å². The Labute approximate surface area is 65.3 Å². The van der Waals surface area contributed by atoms with Crippen LogP contribution in [0.25, 0.3) is 0 Å². The van der Waals surface area contributed by atoms with Gasteiger partial charge in [-0.25, -0.2) is 8.42 Å². The number of sulfone groups is 1. The number of hydrogen-bond donors (Lipinski definition) is 0. The first-order valence-electron chi connectivity index (χ1n) is 3.09. The maximum absolute atomic E-state index is 11.0. The van der Waals surface area contributed by atoms with Crippen LogP contribution >= 0.6 is 0 Å². The van der Waals surface area contributed by atoms with Crippen LogP contribution in [0.1, 0.15) is 13.8 Å². The lowest BCUT2D eigenvalue weighted by Crippen LogP contribution is -2.09. The first-order valence-corrected chi connectivity index (χ1v) is 4.64. The molecule has 0 aromatic rings.